The molecule has 9 heteroatoms. The van der Waals surface area contributed by atoms with E-state index in [1.165, 1.54) is 84.3 Å². The number of hydrogen-bond donors (Lipinski definition) is 2. The van der Waals surface area contributed by atoms with E-state index >= 15 is 0 Å². The van der Waals surface area contributed by atoms with E-state index in [9.17, 15) is 0 Å². The largest absolute Gasteiger partial charge is 1.00 e. The van der Waals surface area contributed by atoms with Gasteiger partial charge in [-0.25, -0.2) is 0 Å². The third-order valence-electron chi connectivity index (χ3n) is 5.78. The van der Waals surface area contributed by atoms with E-state index in [4.69, 9.17) is 23.2 Å². The maximum Gasteiger partial charge on any atom is 0.0359 e. The molecule has 0 atom stereocenters. The predicted molar refractivity (Wildman–Crippen MR) is 129 cm³/mol. The Morgan fingerprint density at radius 1 is 0.545 bits per heavy atom. The number of unbranched alkanes of at least 4 members (excludes halogenated alkanes) is 2. The van der Waals surface area contributed by atoms with Crippen LogP contribution in [0, 0.1) is 17.8 Å². The summed E-state index contributed by atoms with van der Waals surface area (Å²) in [6, 6.07) is 0. The molecule has 0 unspecified atom stereocenters. The lowest BCUT2D eigenvalue weighted by Crippen LogP contribution is -3.00. The zero-order valence-electron chi connectivity index (χ0n) is 20.3. The molecule has 3 nitrogen and oxygen atoms in total. The second kappa shape index (κ2) is 26.7. The summed E-state index contributed by atoms with van der Waals surface area (Å²) in [5.41, 5.74) is 0. The summed E-state index contributed by atoms with van der Waals surface area (Å²) in [6.07, 6.45) is 18.4. The summed E-state index contributed by atoms with van der Waals surface area (Å²) in [5.74, 6) is 4.57. The quantitative estimate of drug-likeness (QED) is 0.151. The van der Waals surface area contributed by atoms with Crippen LogP contribution in [0.3, 0.4) is 0 Å². The number of nitrogens with one attached hydrogen (secondary N) is 2. The van der Waals surface area contributed by atoms with Crippen LogP contribution >= 0.6 is 23.2 Å². The van der Waals surface area contributed by atoms with E-state index < -0.39 is 0 Å². The van der Waals surface area contributed by atoms with Gasteiger partial charge in [0.15, 0.2) is 0 Å². The van der Waals surface area contributed by atoms with Gasteiger partial charge in [0.2, 0.25) is 0 Å². The van der Waals surface area contributed by atoms with Crippen LogP contribution in [0.15, 0.2) is 0 Å². The summed E-state index contributed by atoms with van der Waals surface area (Å²) in [5, 5.41) is 6.00. The number of halogens is 6. The third kappa shape index (κ3) is 38.3. The molecule has 3 saturated carbocycles. The van der Waals surface area contributed by atoms with Crippen LogP contribution in [-0.2, 0) is 0 Å². The van der Waals surface area contributed by atoms with Gasteiger partial charge in [-0.2, -0.15) is 0 Å². The highest BCUT2D eigenvalue weighted by molar-refractivity contribution is 6.25. The third-order valence-corrected chi connectivity index (χ3v) is 6.35. The summed E-state index contributed by atoms with van der Waals surface area (Å²) < 4.78 is 0. The second-order valence-corrected chi connectivity index (χ2v) is 10.2. The minimum absolute atomic E-state index is 0. The highest BCUT2D eigenvalue weighted by Gasteiger charge is 2.24. The van der Waals surface area contributed by atoms with Crippen molar-refractivity contribution < 1.29 is 49.6 Å². The Balaban J connectivity index is -0.000000363. The van der Waals surface area contributed by atoms with Crippen LogP contribution in [0.25, 0.3) is 0 Å². The van der Waals surface area contributed by atoms with Crippen molar-refractivity contribution in [3.05, 3.63) is 0 Å². The van der Waals surface area contributed by atoms with Crippen LogP contribution in [0.1, 0.15) is 77.0 Å². The molecule has 33 heavy (non-hydrogen) atoms. The molecule has 6 aliphatic rings. The minimum atomic E-state index is 0. The molecule has 0 radical (unpaired) electrons. The Hall–Kier alpha value is 1.62. The summed E-state index contributed by atoms with van der Waals surface area (Å²) >= 11 is 10.1. The van der Waals surface area contributed by atoms with Gasteiger partial charge in [0.05, 0.1) is 0 Å². The van der Waals surface area contributed by atoms with Gasteiger partial charge in [0.1, 0.15) is 0 Å². The van der Waals surface area contributed by atoms with Gasteiger partial charge < -0.3 is 65.2 Å². The van der Waals surface area contributed by atoms with Crippen molar-refractivity contribution in [1.82, 2.24) is 15.5 Å². The first kappa shape index (κ1) is 39.1. The molecule has 6 fully saturated rings. The molecule has 3 heterocycles. The smallest absolute Gasteiger partial charge is 0.0359 e. The topological polar surface area (TPSA) is 46.9 Å². The Labute approximate surface area is 239 Å². The van der Waals surface area contributed by atoms with Gasteiger partial charge in [-0.15, -0.1) is 23.2 Å². The lowest BCUT2D eigenvalue weighted by Gasteiger charge is -1.98. The van der Waals surface area contributed by atoms with E-state index in [0.29, 0.717) is 11.8 Å². The van der Waals surface area contributed by atoms with Crippen LogP contribution < -0.4 is 60.3 Å². The predicted octanol–water partition coefficient (Wildman–Crippen LogP) is -6.48. The zero-order valence-corrected chi connectivity index (χ0v) is 24.8. The van der Waals surface area contributed by atoms with Crippen molar-refractivity contribution in [3.63, 3.8) is 0 Å². The molecule has 3 aliphatic carbocycles. The van der Waals surface area contributed by atoms with Gasteiger partial charge in [-0.1, -0.05) is 70.6 Å². The van der Waals surface area contributed by atoms with Crippen molar-refractivity contribution in [2.45, 2.75) is 77.0 Å². The molecule has 0 bridgehead atoms. The highest BCUT2D eigenvalue weighted by Crippen LogP contribution is 2.36. The second-order valence-electron chi connectivity index (χ2n) is 9.48. The standard InChI is InChI=1S/C11H20.C7H13N.C2H4Cl2.2C2H5N.4ClH/c1(2-4-10-6-7-10)3-5-11-8-9-11;1-2-7(1)3-4-8-5-6-8;3-1-2-4;2*1-2-3-1;;;;/h10-11H,1-9H2;7H,1-6H2;1-2H2;2*3H,1-2H2;4*1H/p-4. The molecular weight excluding hydrogens is 543 g/mol. The normalized spacial score (nSPS) is 20.2. The van der Waals surface area contributed by atoms with E-state index in [1.807, 2.05) is 0 Å². The Morgan fingerprint density at radius 3 is 1.12 bits per heavy atom. The van der Waals surface area contributed by atoms with Crippen LogP contribution in [-0.4, -0.2) is 62.5 Å². The lowest BCUT2D eigenvalue weighted by molar-refractivity contribution is -0.00100. The maximum atomic E-state index is 5.05. The fraction of sp³-hybridized carbons (Fsp3) is 1.00. The first-order valence-electron chi connectivity index (χ1n) is 12.6. The average Bonchev–Trinajstić information content (AvgIpc) is 3.57. The fourth-order valence-corrected chi connectivity index (χ4v) is 2.92. The highest BCUT2D eigenvalue weighted by atomic mass is 35.5. The zero-order chi connectivity index (χ0) is 20.6. The molecule has 6 rings (SSSR count). The molecule has 0 aromatic rings. The Kier molecular flexibility index (Phi) is 31.6. The van der Waals surface area contributed by atoms with E-state index in [2.05, 4.69) is 15.5 Å². The first-order chi connectivity index (χ1) is 14.3. The Morgan fingerprint density at radius 2 is 0.879 bits per heavy atom. The van der Waals surface area contributed by atoms with Crippen molar-refractivity contribution >= 4 is 23.2 Å². The number of nitrogens with zero attached hydrogens (tertiary/aromatic N) is 1. The monoisotopic (exact) mass is 587 g/mol. The average molecular weight is 590 g/mol. The van der Waals surface area contributed by atoms with E-state index in [0.717, 1.165) is 17.8 Å². The molecular formula is C24H47Cl6N3-4. The van der Waals surface area contributed by atoms with Crippen molar-refractivity contribution in [2.24, 2.45) is 17.8 Å². The van der Waals surface area contributed by atoms with Crippen molar-refractivity contribution in [3.8, 4) is 0 Å². The molecule has 3 aliphatic heterocycles. The summed E-state index contributed by atoms with van der Waals surface area (Å²) in [6.45, 7) is 9.16. The van der Waals surface area contributed by atoms with Gasteiger partial charge in [0.25, 0.3) is 0 Å². The van der Waals surface area contributed by atoms with Crippen LogP contribution in [0.4, 0.5) is 0 Å². The molecule has 2 N–H and O–H groups in total. The molecule has 0 aromatic heterocycles. The van der Waals surface area contributed by atoms with Crippen molar-refractivity contribution in [2.75, 3.05) is 57.6 Å². The number of hydrogen-bond acceptors (Lipinski definition) is 3. The minimum Gasteiger partial charge on any atom is -1.00 e. The van der Waals surface area contributed by atoms with E-state index in [-0.39, 0.29) is 49.6 Å². The molecule has 204 valence electrons. The Bertz CT molecular complexity index is 336. The number of rotatable bonds is 10. The molecule has 0 amide bonds. The van der Waals surface area contributed by atoms with Gasteiger partial charge in [-0.3, -0.25) is 0 Å². The molecule has 0 aromatic carbocycles. The van der Waals surface area contributed by atoms with Crippen LogP contribution in [0.2, 0.25) is 0 Å². The SMILES string of the molecule is C(CCC1CC1)CCC1CC1.C1CC1CCN1CC1.C1CN1.C1CN1.ClCCCl.[Cl-].[Cl-].[Cl-].[Cl-]. The van der Waals surface area contributed by atoms with Gasteiger partial charge in [-0.05, 0) is 30.7 Å². The molecule has 0 spiro atoms. The summed E-state index contributed by atoms with van der Waals surface area (Å²) in [4.78, 5) is 2.51. The van der Waals surface area contributed by atoms with Gasteiger partial charge in [0, 0.05) is 51.0 Å². The maximum absolute atomic E-state index is 5.05. The fourth-order valence-electron chi connectivity index (χ4n) is 2.92. The molecule has 3 saturated heterocycles. The lowest BCUT2D eigenvalue weighted by atomic mass is 10.1. The number of alkyl halides is 2. The van der Waals surface area contributed by atoms with Crippen LogP contribution in [0.5, 0.6) is 0 Å². The van der Waals surface area contributed by atoms with Gasteiger partial charge >= 0.3 is 0 Å². The van der Waals surface area contributed by atoms with Crippen molar-refractivity contribution in [1.29, 1.82) is 0 Å². The van der Waals surface area contributed by atoms with E-state index in [1.54, 1.807) is 38.5 Å². The first-order valence-corrected chi connectivity index (χ1v) is 13.6. The summed E-state index contributed by atoms with van der Waals surface area (Å²) in [7, 11) is 0.